The van der Waals surface area contributed by atoms with E-state index in [1.807, 2.05) is 24.9 Å². The van der Waals surface area contributed by atoms with Crippen molar-refractivity contribution in [3.63, 3.8) is 0 Å². The summed E-state index contributed by atoms with van der Waals surface area (Å²) in [5.41, 5.74) is 0.985. The average Bonchev–Trinajstić information content (AvgIpc) is 2.38. The van der Waals surface area contributed by atoms with Crippen LogP contribution in [0.5, 0.6) is 0 Å². The van der Waals surface area contributed by atoms with E-state index in [4.69, 9.17) is 0 Å². The molecule has 0 spiro atoms. The van der Waals surface area contributed by atoms with Gasteiger partial charge in [-0.1, -0.05) is 0 Å². The second-order valence-electron chi connectivity index (χ2n) is 4.78. The zero-order valence-electron chi connectivity index (χ0n) is 11.2. The summed E-state index contributed by atoms with van der Waals surface area (Å²) in [6.45, 7) is 5.23. The second-order valence-corrected chi connectivity index (χ2v) is 4.78. The first-order chi connectivity index (χ1) is 8.60. The van der Waals surface area contributed by atoms with Gasteiger partial charge < -0.3 is 10.2 Å². The number of hydrogen-bond acceptors (Lipinski definition) is 4. The molecule has 1 N–H and O–H groups in total. The maximum atomic E-state index is 11.3. The van der Waals surface area contributed by atoms with Crippen molar-refractivity contribution in [3.8, 4) is 0 Å². The number of aromatic nitrogens is 2. The number of rotatable bonds is 2. The fourth-order valence-corrected chi connectivity index (χ4v) is 2.35. The normalized spacial score (nSPS) is 16.7. The quantitative estimate of drug-likeness (QED) is 0.862. The highest BCUT2D eigenvalue weighted by Crippen LogP contribution is 2.26. The van der Waals surface area contributed by atoms with Gasteiger partial charge >= 0.3 is 0 Å². The molecule has 0 bridgehead atoms. The van der Waals surface area contributed by atoms with E-state index in [9.17, 15) is 4.79 Å². The average molecular weight is 248 g/mol. The molecule has 0 saturated carbocycles. The van der Waals surface area contributed by atoms with Crippen LogP contribution in [-0.4, -0.2) is 40.9 Å². The fourth-order valence-electron chi connectivity index (χ4n) is 2.35. The third-order valence-corrected chi connectivity index (χ3v) is 3.43. The molecule has 1 aromatic heterocycles. The van der Waals surface area contributed by atoms with Crippen molar-refractivity contribution >= 4 is 11.7 Å². The van der Waals surface area contributed by atoms with Crippen molar-refractivity contribution in [1.29, 1.82) is 0 Å². The van der Waals surface area contributed by atoms with E-state index in [-0.39, 0.29) is 5.91 Å². The van der Waals surface area contributed by atoms with Crippen LogP contribution in [0, 0.1) is 6.92 Å². The highest BCUT2D eigenvalue weighted by atomic mass is 16.2. The summed E-state index contributed by atoms with van der Waals surface area (Å²) in [6.07, 6.45) is 1.90. The molecule has 1 aliphatic heterocycles. The molecular weight excluding hydrogens is 228 g/mol. The van der Waals surface area contributed by atoms with Crippen molar-refractivity contribution < 1.29 is 4.79 Å². The number of piperidine rings is 1. The van der Waals surface area contributed by atoms with Gasteiger partial charge in [-0.15, -0.1) is 0 Å². The Morgan fingerprint density at radius 1 is 1.39 bits per heavy atom. The smallest absolute Gasteiger partial charge is 0.219 e. The third kappa shape index (κ3) is 2.78. The van der Waals surface area contributed by atoms with Crippen molar-refractivity contribution in [2.75, 3.05) is 25.5 Å². The monoisotopic (exact) mass is 248 g/mol. The Kier molecular flexibility index (Phi) is 3.79. The Bertz CT molecular complexity index is 439. The summed E-state index contributed by atoms with van der Waals surface area (Å²) in [7, 11) is 1.86. The van der Waals surface area contributed by atoms with Crippen LogP contribution in [-0.2, 0) is 4.79 Å². The van der Waals surface area contributed by atoms with Gasteiger partial charge in [0.05, 0.1) is 0 Å². The van der Waals surface area contributed by atoms with Crippen LogP contribution in [0.2, 0.25) is 0 Å². The standard InChI is InChI=1S/C13H20N4O/c1-9-8-12(14-3)16-13(15-9)11-4-6-17(7-5-11)10(2)18/h8,11H,4-7H2,1-3H3,(H,14,15,16). The summed E-state index contributed by atoms with van der Waals surface area (Å²) >= 11 is 0. The van der Waals surface area contributed by atoms with E-state index in [2.05, 4.69) is 15.3 Å². The predicted octanol–water partition coefficient (Wildman–Crippen LogP) is 1.55. The number of aryl methyl sites for hydroxylation is 1. The number of amides is 1. The molecule has 1 aromatic rings. The molecule has 2 rings (SSSR count). The third-order valence-electron chi connectivity index (χ3n) is 3.43. The predicted molar refractivity (Wildman–Crippen MR) is 70.5 cm³/mol. The topological polar surface area (TPSA) is 58.1 Å². The molecule has 0 aromatic carbocycles. The van der Waals surface area contributed by atoms with Crippen molar-refractivity contribution in [1.82, 2.24) is 14.9 Å². The highest BCUT2D eigenvalue weighted by Gasteiger charge is 2.24. The number of nitrogens with one attached hydrogen (secondary N) is 1. The Morgan fingerprint density at radius 3 is 2.61 bits per heavy atom. The first kappa shape index (κ1) is 12.8. The van der Waals surface area contributed by atoms with Gasteiger partial charge in [-0.2, -0.15) is 0 Å². The molecule has 5 heteroatoms. The minimum absolute atomic E-state index is 0.162. The highest BCUT2D eigenvalue weighted by molar-refractivity contribution is 5.73. The molecule has 1 saturated heterocycles. The Balaban J connectivity index is 2.09. The van der Waals surface area contributed by atoms with Gasteiger partial charge in [0.15, 0.2) is 0 Å². The number of carbonyl (C=O) groups excluding carboxylic acids is 1. The molecule has 0 radical (unpaired) electrons. The fraction of sp³-hybridized carbons (Fsp3) is 0.615. The summed E-state index contributed by atoms with van der Waals surface area (Å²) in [5, 5.41) is 3.06. The van der Waals surface area contributed by atoms with E-state index in [0.29, 0.717) is 5.92 Å². The molecule has 98 valence electrons. The molecule has 1 amide bonds. The number of anilines is 1. The lowest BCUT2D eigenvalue weighted by molar-refractivity contribution is -0.129. The van der Waals surface area contributed by atoms with Crippen LogP contribution in [0.15, 0.2) is 6.07 Å². The van der Waals surface area contributed by atoms with Crippen molar-refractivity contribution in [2.24, 2.45) is 0 Å². The van der Waals surface area contributed by atoms with Crippen LogP contribution in [0.4, 0.5) is 5.82 Å². The minimum atomic E-state index is 0.162. The first-order valence-corrected chi connectivity index (χ1v) is 6.39. The molecule has 0 aliphatic carbocycles. The Hall–Kier alpha value is -1.65. The van der Waals surface area contributed by atoms with Gasteiger partial charge in [-0.3, -0.25) is 4.79 Å². The van der Waals surface area contributed by atoms with E-state index < -0.39 is 0 Å². The van der Waals surface area contributed by atoms with Gasteiger partial charge in [-0.25, -0.2) is 9.97 Å². The molecule has 2 heterocycles. The molecule has 5 nitrogen and oxygen atoms in total. The van der Waals surface area contributed by atoms with Gasteiger partial charge in [0.1, 0.15) is 11.6 Å². The maximum absolute atomic E-state index is 11.3. The van der Waals surface area contributed by atoms with Crippen LogP contribution >= 0.6 is 0 Å². The number of hydrogen-bond donors (Lipinski definition) is 1. The zero-order chi connectivity index (χ0) is 13.1. The van der Waals surface area contributed by atoms with Crippen LogP contribution in [0.25, 0.3) is 0 Å². The summed E-state index contributed by atoms with van der Waals surface area (Å²) in [6, 6.07) is 1.94. The van der Waals surface area contributed by atoms with E-state index in [0.717, 1.165) is 43.3 Å². The number of carbonyl (C=O) groups is 1. The largest absolute Gasteiger partial charge is 0.373 e. The lowest BCUT2D eigenvalue weighted by Gasteiger charge is -2.30. The minimum Gasteiger partial charge on any atom is -0.373 e. The van der Waals surface area contributed by atoms with Crippen molar-refractivity contribution in [2.45, 2.75) is 32.6 Å². The molecule has 0 atom stereocenters. The summed E-state index contributed by atoms with van der Waals surface area (Å²) in [4.78, 5) is 22.2. The second kappa shape index (κ2) is 5.33. The SMILES string of the molecule is CNc1cc(C)nc(C2CCN(C(C)=O)CC2)n1. The number of likely N-dealkylation sites (tertiary alicyclic amines) is 1. The summed E-state index contributed by atoms with van der Waals surface area (Å²) < 4.78 is 0. The first-order valence-electron chi connectivity index (χ1n) is 6.39. The molecule has 1 fully saturated rings. The van der Waals surface area contributed by atoms with Crippen LogP contribution in [0.3, 0.4) is 0 Å². The zero-order valence-corrected chi connectivity index (χ0v) is 11.2. The van der Waals surface area contributed by atoms with Crippen molar-refractivity contribution in [3.05, 3.63) is 17.6 Å². The number of nitrogens with zero attached hydrogens (tertiary/aromatic N) is 3. The van der Waals surface area contributed by atoms with E-state index in [1.54, 1.807) is 6.92 Å². The maximum Gasteiger partial charge on any atom is 0.219 e. The summed E-state index contributed by atoms with van der Waals surface area (Å²) in [5.74, 6) is 2.30. The van der Waals surface area contributed by atoms with Crippen LogP contribution in [0.1, 0.15) is 37.2 Å². The van der Waals surface area contributed by atoms with Gasteiger partial charge in [0.2, 0.25) is 5.91 Å². The molecule has 0 unspecified atom stereocenters. The molecule has 18 heavy (non-hydrogen) atoms. The van der Waals surface area contributed by atoms with E-state index >= 15 is 0 Å². The van der Waals surface area contributed by atoms with Crippen LogP contribution < -0.4 is 5.32 Å². The van der Waals surface area contributed by atoms with E-state index in [1.165, 1.54) is 0 Å². The molecular formula is C13H20N4O. The van der Waals surface area contributed by atoms with Gasteiger partial charge in [-0.05, 0) is 19.8 Å². The van der Waals surface area contributed by atoms with Gasteiger partial charge in [0, 0.05) is 44.7 Å². The lowest BCUT2D eigenvalue weighted by atomic mass is 9.96. The van der Waals surface area contributed by atoms with Gasteiger partial charge in [0.25, 0.3) is 0 Å². The molecule has 1 aliphatic rings. The lowest BCUT2D eigenvalue weighted by Crippen LogP contribution is -2.36. The Labute approximate surface area is 108 Å². The Morgan fingerprint density at radius 2 is 2.06 bits per heavy atom.